The van der Waals surface area contributed by atoms with E-state index in [9.17, 15) is 5.11 Å². The molecule has 4 heteroatoms. The Labute approximate surface area is 135 Å². The first-order valence-corrected chi connectivity index (χ1v) is 8.28. The number of rotatable bonds is 6. The molecule has 112 valence electrons. The van der Waals surface area contributed by atoms with Crippen LogP contribution >= 0.6 is 23.4 Å². The summed E-state index contributed by atoms with van der Waals surface area (Å²) in [5.74, 6) is 1.27. The largest absolute Gasteiger partial charge is 0.508 e. The van der Waals surface area contributed by atoms with Gasteiger partial charge in [-0.3, -0.25) is 4.90 Å². The minimum atomic E-state index is 0.258. The van der Waals surface area contributed by atoms with Gasteiger partial charge in [0, 0.05) is 28.3 Å². The summed E-state index contributed by atoms with van der Waals surface area (Å²) in [6.45, 7) is 2.93. The average Bonchev–Trinajstić information content (AvgIpc) is 2.49. The standard InChI is InChI=1S/C17H20ClNOS/c1-13(12-21-16-6-4-3-5-7-16)19(2)11-14-10-15(20)8-9-17(14)18/h3-10,13,20H,11-12H2,1-2H3. The number of phenolic OH excluding ortho intramolecular Hbond substituents is 1. The monoisotopic (exact) mass is 321 g/mol. The molecule has 1 N–H and O–H groups in total. The lowest BCUT2D eigenvalue weighted by Gasteiger charge is -2.25. The highest BCUT2D eigenvalue weighted by Crippen LogP contribution is 2.24. The summed E-state index contributed by atoms with van der Waals surface area (Å²) in [4.78, 5) is 3.53. The van der Waals surface area contributed by atoms with Gasteiger partial charge in [0.1, 0.15) is 5.75 Å². The van der Waals surface area contributed by atoms with Crippen molar-refractivity contribution in [3.05, 3.63) is 59.1 Å². The van der Waals surface area contributed by atoms with Crippen molar-refractivity contribution < 1.29 is 5.11 Å². The van der Waals surface area contributed by atoms with Gasteiger partial charge in [0.05, 0.1) is 0 Å². The fourth-order valence-corrected chi connectivity index (χ4v) is 3.18. The lowest BCUT2D eigenvalue weighted by molar-refractivity contribution is 0.269. The summed E-state index contributed by atoms with van der Waals surface area (Å²) in [6.07, 6.45) is 0. The smallest absolute Gasteiger partial charge is 0.116 e. The molecular formula is C17H20ClNOS. The Morgan fingerprint density at radius 2 is 1.90 bits per heavy atom. The van der Waals surface area contributed by atoms with Crippen molar-refractivity contribution in [3.8, 4) is 5.75 Å². The quantitative estimate of drug-likeness (QED) is 0.783. The Bertz CT molecular complexity index is 576. The van der Waals surface area contributed by atoms with Crippen LogP contribution in [0.15, 0.2) is 53.4 Å². The second-order valence-electron chi connectivity index (χ2n) is 5.16. The lowest BCUT2D eigenvalue weighted by atomic mass is 10.2. The Morgan fingerprint density at radius 1 is 1.19 bits per heavy atom. The third kappa shape index (κ3) is 4.95. The van der Waals surface area contributed by atoms with Crippen LogP contribution in [0.4, 0.5) is 0 Å². The molecule has 0 radical (unpaired) electrons. The van der Waals surface area contributed by atoms with E-state index in [1.165, 1.54) is 4.90 Å². The lowest BCUT2D eigenvalue weighted by Crippen LogP contribution is -2.30. The third-order valence-corrected chi connectivity index (χ3v) is 5.06. The fourth-order valence-electron chi connectivity index (χ4n) is 1.97. The molecule has 2 aromatic carbocycles. The van der Waals surface area contributed by atoms with Crippen LogP contribution in [0.25, 0.3) is 0 Å². The molecule has 0 aromatic heterocycles. The maximum atomic E-state index is 9.56. The van der Waals surface area contributed by atoms with Gasteiger partial charge in [-0.05, 0) is 49.9 Å². The zero-order valence-corrected chi connectivity index (χ0v) is 13.9. The van der Waals surface area contributed by atoms with Crippen molar-refractivity contribution in [3.63, 3.8) is 0 Å². The van der Waals surface area contributed by atoms with E-state index >= 15 is 0 Å². The Morgan fingerprint density at radius 3 is 2.62 bits per heavy atom. The van der Waals surface area contributed by atoms with Gasteiger partial charge in [-0.15, -0.1) is 11.8 Å². The molecule has 2 rings (SSSR count). The highest BCUT2D eigenvalue weighted by molar-refractivity contribution is 7.99. The molecule has 0 fully saturated rings. The molecule has 0 heterocycles. The molecule has 0 spiro atoms. The van der Waals surface area contributed by atoms with Crippen LogP contribution in [0.3, 0.4) is 0 Å². The molecule has 2 aromatic rings. The van der Waals surface area contributed by atoms with Gasteiger partial charge in [-0.2, -0.15) is 0 Å². The van der Waals surface area contributed by atoms with E-state index < -0.39 is 0 Å². The third-order valence-electron chi connectivity index (χ3n) is 3.44. The summed E-state index contributed by atoms with van der Waals surface area (Å²) in [5, 5.41) is 10.3. The summed E-state index contributed by atoms with van der Waals surface area (Å²) < 4.78 is 0. The minimum Gasteiger partial charge on any atom is -0.508 e. The summed E-state index contributed by atoms with van der Waals surface area (Å²) in [7, 11) is 2.08. The van der Waals surface area contributed by atoms with E-state index in [-0.39, 0.29) is 5.75 Å². The van der Waals surface area contributed by atoms with Gasteiger partial charge in [0.15, 0.2) is 0 Å². The first kappa shape index (κ1) is 16.2. The minimum absolute atomic E-state index is 0.258. The fraction of sp³-hybridized carbons (Fsp3) is 0.294. The predicted molar refractivity (Wildman–Crippen MR) is 91.2 cm³/mol. The maximum Gasteiger partial charge on any atom is 0.116 e. The molecule has 0 aliphatic rings. The number of hydrogen-bond donors (Lipinski definition) is 1. The predicted octanol–water partition coefficient (Wildman–Crippen LogP) is 4.66. The number of halogens is 1. The average molecular weight is 322 g/mol. The van der Waals surface area contributed by atoms with E-state index in [1.54, 1.807) is 18.2 Å². The van der Waals surface area contributed by atoms with Gasteiger partial charge in [0.25, 0.3) is 0 Å². The van der Waals surface area contributed by atoms with Gasteiger partial charge < -0.3 is 5.11 Å². The topological polar surface area (TPSA) is 23.5 Å². The number of phenols is 1. The Hall–Kier alpha value is -1.16. The molecule has 1 atom stereocenters. The zero-order valence-electron chi connectivity index (χ0n) is 12.3. The molecule has 0 amide bonds. The maximum absolute atomic E-state index is 9.56. The molecule has 0 bridgehead atoms. The van der Waals surface area contributed by atoms with Crippen molar-refractivity contribution in [1.29, 1.82) is 0 Å². The van der Waals surface area contributed by atoms with E-state index in [2.05, 4.69) is 43.1 Å². The first-order valence-electron chi connectivity index (χ1n) is 6.91. The second kappa shape index (κ2) is 7.74. The van der Waals surface area contributed by atoms with E-state index in [0.29, 0.717) is 11.1 Å². The second-order valence-corrected chi connectivity index (χ2v) is 6.66. The van der Waals surface area contributed by atoms with Crippen molar-refractivity contribution in [2.24, 2.45) is 0 Å². The first-order chi connectivity index (χ1) is 10.1. The van der Waals surface area contributed by atoms with Crippen LogP contribution in [0.5, 0.6) is 5.75 Å². The van der Waals surface area contributed by atoms with Gasteiger partial charge >= 0.3 is 0 Å². The number of aromatic hydroxyl groups is 1. The Kier molecular flexibility index (Phi) is 5.97. The van der Waals surface area contributed by atoms with Crippen LogP contribution < -0.4 is 0 Å². The van der Waals surface area contributed by atoms with E-state index in [1.807, 2.05) is 17.8 Å². The van der Waals surface area contributed by atoms with Crippen molar-refractivity contribution in [2.75, 3.05) is 12.8 Å². The van der Waals surface area contributed by atoms with Gasteiger partial charge in [-0.1, -0.05) is 29.8 Å². The van der Waals surface area contributed by atoms with Crippen LogP contribution in [0.1, 0.15) is 12.5 Å². The molecule has 0 saturated heterocycles. The molecule has 21 heavy (non-hydrogen) atoms. The van der Waals surface area contributed by atoms with Crippen LogP contribution in [0, 0.1) is 0 Å². The summed E-state index contributed by atoms with van der Waals surface area (Å²) in [6, 6.07) is 15.9. The SMILES string of the molecule is CC(CSc1ccccc1)N(C)Cc1cc(O)ccc1Cl. The summed E-state index contributed by atoms with van der Waals surface area (Å²) >= 11 is 8.03. The normalized spacial score (nSPS) is 12.6. The molecule has 1 unspecified atom stereocenters. The Balaban J connectivity index is 1.90. The molecular weight excluding hydrogens is 302 g/mol. The van der Waals surface area contributed by atoms with Crippen molar-refractivity contribution >= 4 is 23.4 Å². The number of benzene rings is 2. The van der Waals surface area contributed by atoms with Crippen molar-refractivity contribution in [1.82, 2.24) is 4.90 Å². The van der Waals surface area contributed by atoms with Crippen LogP contribution in [-0.2, 0) is 6.54 Å². The van der Waals surface area contributed by atoms with Crippen LogP contribution in [0.2, 0.25) is 5.02 Å². The molecule has 0 aliphatic carbocycles. The van der Waals surface area contributed by atoms with Crippen LogP contribution in [-0.4, -0.2) is 28.8 Å². The van der Waals surface area contributed by atoms with Gasteiger partial charge in [0.2, 0.25) is 0 Å². The molecule has 0 aliphatic heterocycles. The van der Waals surface area contributed by atoms with E-state index in [4.69, 9.17) is 11.6 Å². The molecule has 2 nitrogen and oxygen atoms in total. The highest BCUT2D eigenvalue weighted by atomic mass is 35.5. The van der Waals surface area contributed by atoms with Crippen molar-refractivity contribution in [2.45, 2.75) is 24.4 Å². The molecule has 0 saturated carbocycles. The zero-order chi connectivity index (χ0) is 15.2. The number of hydrogen-bond acceptors (Lipinski definition) is 3. The van der Waals surface area contributed by atoms with E-state index in [0.717, 1.165) is 17.9 Å². The summed E-state index contributed by atoms with van der Waals surface area (Å²) in [5.41, 5.74) is 0.954. The number of thioether (sulfide) groups is 1. The van der Waals surface area contributed by atoms with Gasteiger partial charge in [-0.25, -0.2) is 0 Å². The number of nitrogens with zero attached hydrogens (tertiary/aromatic N) is 1. The highest BCUT2D eigenvalue weighted by Gasteiger charge is 2.12.